The molecular weight excluding hydrogens is 340 g/mol. The predicted octanol–water partition coefficient (Wildman–Crippen LogP) is 2.49. The van der Waals surface area contributed by atoms with Crippen LogP contribution in [0, 0.1) is 0 Å². The number of hydrogen-bond donors (Lipinski definition) is 2. The van der Waals surface area contributed by atoms with Gasteiger partial charge in [-0.15, -0.1) is 0 Å². The maximum absolute atomic E-state index is 12.3. The van der Waals surface area contributed by atoms with Crippen LogP contribution in [0.4, 0.5) is 10.5 Å². The highest BCUT2D eigenvalue weighted by Gasteiger charge is 2.42. The monoisotopic (exact) mass is 364 g/mol. The molecule has 2 N–H and O–H groups in total. The molecule has 1 aliphatic rings. The van der Waals surface area contributed by atoms with E-state index in [1.54, 1.807) is 45.0 Å². The molecule has 8 heteroatoms. The summed E-state index contributed by atoms with van der Waals surface area (Å²) in [5.74, 6) is -0.742. The van der Waals surface area contributed by atoms with Gasteiger partial charge in [0.2, 0.25) is 5.91 Å². The Morgan fingerprint density at radius 2 is 1.81 bits per heavy atom. The third-order valence-corrected chi connectivity index (χ3v) is 3.65. The number of benzene rings is 1. The number of nitrogens with one attached hydrogen (secondary N) is 1. The van der Waals surface area contributed by atoms with Crippen molar-refractivity contribution in [3.63, 3.8) is 0 Å². The number of carboxylic acids is 1. The largest absolute Gasteiger partial charge is 0.488 e. The van der Waals surface area contributed by atoms with Crippen molar-refractivity contribution in [3.05, 3.63) is 24.3 Å². The third-order valence-electron chi connectivity index (χ3n) is 3.65. The minimum absolute atomic E-state index is 0.124. The van der Waals surface area contributed by atoms with Crippen molar-refractivity contribution in [3.8, 4) is 5.75 Å². The van der Waals surface area contributed by atoms with Crippen molar-refractivity contribution in [1.82, 2.24) is 4.90 Å². The van der Waals surface area contributed by atoms with Gasteiger partial charge in [0.05, 0.1) is 6.54 Å². The molecule has 2 atom stereocenters. The Hall–Kier alpha value is -2.77. The summed E-state index contributed by atoms with van der Waals surface area (Å²) in [5.41, 5.74) is -0.0754. The van der Waals surface area contributed by atoms with E-state index in [0.717, 1.165) is 0 Å². The predicted molar refractivity (Wildman–Crippen MR) is 94.1 cm³/mol. The summed E-state index contributed by atoms with van der Waals surface area (Å²) in [6.45, 7) is 6.71. The fourth-order valence-corrected chi connectivity index (χ4v) is 2.65. The van der Waals surface area contributed by atoms with Crippen molar-refractivity contribution >= 4 is 23.7 Å². The minimum Gasteiger partial charge on any atom is -0.488 e. The number of amides is 2. The van der Waals surface area contributed by atoms with Gasteiger partial charge in [-0.2, -0.15) is 0 Å². The molecule has 1 aliphatic heterocycles. The first-order valence-electron chi connectivity index (χ1n) is 8.32. The topological polar surface area (TPSA) is 105 Å². The Labute approximate surface area is 152 Å². The number of ether oxygens (including phenoxy) is 2. The summed E-state index contributed by atoms with van der Waals surface area (Å²) in [5, 5.41) is 12.0. The number of likely N-dealkylation sites (tertiary alicyclic amines) is 1. The summed E-state index contributed by atoms with van der Waals surface area (Å²) in [6, 6.07) is 5.74. The van der Waals surface area contributed by atoms with Gasteiger partial charge in [-0.05, 0) is 45.0 Å². The van der Waals surface area contributed by atoms with Crippen molar-refractivity contribution in [2.45, 2.75) is 51.9 Å². The van der Waals surface area contributed by atoms with Gasteiger partial charge >= 0.3 is 12.1 Å². The molecule has 0 bridgehead atoms. The van der Waals surface area contributed by atoms with E-state index < -0.39 is 29.8 Å². The van der Waals surface area contributed by atoms with Crippen LogP contribution < -0.4 is 10.1 Å². The number of carbonyl (C=O) groups excluding carboxylic acids is 2. The second kappa shape index (κ2) is 7.63. The number of hydrogen-bond acceptors (Lipinski definition) is 5. The highest BCUT2D eigenvalue weighted by molar-refractivity contribution is 5.88. The summed E-state index contributed by atoms with van der Waals surface area (Å²) in [7, 11) is 0. The SMILES string of the molecule is CC(=O)Nc1ccc(O[C@H]2C[C@@H](C(=O)O)N(C(=O)OC(C)(C)C)C2)cc1. The van der Waals surface area contributed by atoms with Gasteiger partial charge in [0.25, 0.3) is 0 Å². The summed E-state index contributed by atoms with van der Waals surface area (Å²) < 4.78 is 11.1. The molecule has 2 amide bonds. The van der Waals surface area contributed by atoms with Crippen LogP contribution in [0.3, 0.4) is 0 Å². The zero-order valence-corrected chi connectivity index (χ0v) is 15.3. The van der Waals surface area contributed by atoms with Crippen molar-refractivity contribution < 1.29 is 29.0 Å². The zero-order chi connectivity index (χ0) is 19.5. The average molecular weight is 364 g/mol. The first-order valence-corrected chi connectivity index (χ1v) is 8.32. The van der Waals surface area contributed by atoms with E-state index in [2.05, 4.69) is 5.32 Å². The van der Waals surface area contributed by atoms with E-state index in [-0.39, 0.29) is 18.9 Å². The average Bonchev–Trinajstić information content (AvgIpc) is 2.91. The Morgan fingerprint density at radius 3 is 2.31 bits per heavy atom. The van der Waals surface area contributed by atoms with Crippen LogP contribution in [0.2, 0.25) is 0 Å². The molecule has 1 fully saturated rings. The molecule has 1 aromatic rings. The first kappa shape index (κ1) is 19.6. The van der Waals surface area contributed by atoms with E-state index in [4.69, 9.17) is 9.47 Å². The van der Waals surface area contributed by atoms with Gasteiger partial charge in [0.15, 0.2) is 0 Å². The van der Waals surface area contributed by atoms with Crippen LogP contribution in [0.5, 0.6) is 5.75 Å². The molecule has 1 heterocycles. The highest BCUT2D eigenvalue weighted by Crippen LogP contribution is 2.26. The number of rotatable bonds is 4. The van der Waals surface area contributed by atoms with E-state index in [1.807, 2.05) is 0 Å². The molecule has 8 nitrogen and oxygen atoms in total. The lowest BCUT2D eigenvalue weighted by Crippen LogP contribution is -2.43. The molecule has 142 valence electrons. The molecule has 26 heavy (non-hydrogen) atoms. The lowest BCUT2D eigenvalue weighted by Gasteiger charge is -2.26. The number of carbonyl (C=O) groups is 3. The molecule has 1 saturated heterocycles. The lowest BCUT2D eigenvalue weighted by molar-refractivity contribution is -0.142. The van der Waals surface area contributed by atoms with Crippen molar-refractivity contribution in [1.29, 1.82) is 0 Å². The van der Waals surface area contributed by atoms with Crippen LogP contribution in [-0.2, 0) is 14.3 Å². The van der Waals surface area contributed by atoms with Crippen LogP contribution in [0.15, 0.2) is 24.3 Å². The van der Waals surface area contributed by atoms with Crippen LogP contribution in [-0.4, -0.2) is 52.3 Å². The number of anilines is 1. The van der Waals surface area contributed by atoms with Crippen LogP contribution in [0.25, 0.3) is 0 Å². The quantitative estimate of drug-likeness (QED) is 0.850. The molecule has 0 spiro atoms. The molecule has 0 aromatic heterocycles. The summed E-state index contributed by atoms with van der Waals surface area (Å²) >= 11 is 0. The molecule has 2 rings (SSSR count). The molecule has 0 unspecified atom stereocenters. The van der Waals surface area contributed by atoms with Gasteiger partial charge in [-0.25, -0.2) is 9.59 Å². The lowest BCUT2D eigenvalue weighted by atomic mass is 10.2. The second-order valence-corrected chi connectivity index (χ2v) is 7.17. The number of aliphatic carboxylic acids is 1. The molecular formula is C18H24N2O6. The van der Waals surface area contributed by atoms with E-state index in [9.17, 15) is 19.5 Å². The maximum atomic E-state index is 12.3. The van der Waals surface area contributed by atoms with Crippen molar-refractivity contribution in [2.75, 3.05) is 11.9 Å². The third kappa shape index (κ3) is 5.37. The van der Waals surface area contributed by atoms with Gasteiger partial charge in [0, 0.05) is 19.0 Å². The van der Waals surface area contributed by atoms with E-state index in [1.165, 1.54) is 11.8 Å². The fourth-order valence-electron chi connectivity index (χ4n) is 2.65. The Kier molecular flexibility index (Phi) is 5.74. The minimum atomic E-state index is -1.09. The zero-order valence-electron chi connectivity index (χ0n) is 15.3. The highest BCUT2D eigenvalue weighted by atomic mass is 16.6. The Balaban J connectivity index is 2.03. The standard InChI is InChI=1S/C18H24N2O6/c1-11(21)19-12-5-7-13(8-6-12)25-14-9-15(16(22)23)20(10-14)17(24)26-18(2,3)4/h5-8,14-15H,9-10H2,1-4H3,(H,19,21)(H,22,23)/t14-,15-/m0/s1. The van der Waals surface area contributed by atoms with Gasteiger partial charge in [-0.1, -0.05) is 0 Å². The number of nitrogens with zero attached hydrogens (tertiary/aromatic N) is 1. The Bertz CT molecular complexity index is 680. The van der Waals surface area contributed by atoms with E-state index >= 15 is 0 Å². The fraction of sp³-hybridized carbons (Fsp3) is 0.500. The summed E-state index contributed by atoms with van der Waals surface area (Å²) in [4.78, 5) is 36.0. The van der Waals surface area contributed by atoms with Crippen LogP contribution in [0.1, 0.15) is 34.1 Å². The van der Waals surface area contributed by atoms with Gasteiger partial charge in [0.1, 0.15) is 23.5 Å². The van der Waals surface area contributed by atoms with Crippen molar-refractivity contribution in [2.24, 2.45) is 0 Å². The summed E-state index contributed by atoms with van der Waals surface area (Å²) in [6.07, 6.45) is -0.964. The van der Waals surface area contributed by atoms with Gasteiger partial charge < -0.3 is 19.9 Å². The molecule has 1 aromatic carbocycles. The number of carboxylic acid groups (broad SMARTS) is 1. The van der Waals surface area contributed by atoms with Crippen LogP contribution >= 0.6 is 0 Å². The molecule has 0 aliphatic carbocycles. The maximum Gasteiger partial charge on any atom is 0.411 e. The normalized spacial score (nSPS) is 19.8. The molecule has 0 saturated carbocycles. The van der Waals surface area contributed by atoms with E-state index in [0.29, 0.717) is 11.4 Å². The molecule has 0 radical (unpaired) electrons. The smallest absolute Gasteiger partial charge is 0.411 e. The Morgan fingerprint density at radius 1 is 1.19 bits per heavy atom. The first-order chi connectivity index (χ1) is 12.0. The van der Waals surface area contributed by atoms with Gasteiger partial charge in [-0.3, -0.25) is 9.69 Å². The second-order valence-electron chi connectivity index (χ2n) is 7.17.